The van der Waals surface area contributed by atoms with E-state index < -0.39 is 0 Å². The molecule has 2 aliphatic carbocycles. The van der Waals surface area contributed by atoms with Crippen molar-refractivity contribution in [2.75, 3.05) is 11.9 Å². The van der Waals surface area contributed by atoms with Gasteiger partial charge >= 0.3 is 0 Å². The molecule has 3 aromatic heterocycles. The lowest BCUT2D eigenvalue weighted by Gasteiger charge is -2.06. The maximum absolute atomic E-state index is 4.82. The van der Waals surface area contributed by atoms with Crippen molar-refractivity contribution in [3.05, 3.63) is 33.5 Å². The molecule has 1 saturated carbocycles. The lowest BCUT2D eigenvalue weighted by molar-refractivity contribution is 0.679. The van der Waals surface area contributed by atoms with Gasteiger partial charge in [0.1, 0.15) is 5.82 Å². The second-order valence-corrected chi connectivity index (χ2v) is 8.20. The standard InChI is InChI=1S/C18H22N6S/c1-2-5-14-13(4-1)20-17(25-14)6-3-11-19-15-9-10-16-21-22-18(12-7-8-12)24(16)23-15/h9-10,12H,1-8,11H2,(H,19,23). The Kier molecular flexibility index (Phi) is 3.88. The van der Waals surface area contributed by atoms with Crippen LogP contribution in [0.25, 0.3) is 5.65 Å². The van der Waals surface area contributed by atoms with E-state index in [1.807, 2.05) is 28.0 Å². The zero-order valence-corrected chi connectivity index (χ0v) is 15.1. The van der Waals surface area contributed by atoms with Crippen LogP contribution in [0, 0.1) is 0 Å². The lowest BCUT2D eigenvalue weighted by Crippen LogP contribution is -2.07. The summed E-state index contributed by atoms with van der Waals surface area (Å²) in [6.07, 6.45) is 9.58. The first kappa shape index (κ1) is 15.3. The number of anilines is 1. The molecule has 130 valence electrons. The second-order valence-electron chi connectivity index (χ2n) is 7.04. The van der Waals surface area contributed by atoms with E-state index in [1.165, 1.54) is 54.1 Å². The zero-order valence-electron chi connectivity index (χ0n) is 14.2. The maximum Gasteiger partial charge on any atom is 0.178 e. The number of rotatable bonds is 6. The predicted molar refractivity (Wildman–Crippen MR) is 98.3 cm³/mol. The fourth-order valence-corrected chi connectivity index (χ4v) is 4.66. The molecule has 0 saturated heterocycles. The van der Waals surface area contributed by atoms with E-state index in [0.29, 0.717) is 5.92 Å². The van der Waals surface area contributed by atoms with E-state index >= 15 is 0 Å². The van der Waals surface area contributed by atoms with Gasteiger partial charge in [-0.3, -0.25) is 0 Å². The molecule has 1 fully saturated rings. The molecule has 3 heterocycles. The van der Waals surface area contributed by atoms with Gasteiger partial charge in [0.25, 0.3) is 0 Å². The average Bonchev–Trinajstić information content (AvgIpc) is 3.26. The SMILES string of the molecule is c1cc2nnc(C3CC3)n2nc1NCCCc1nc2c(s1)CCCC2. The maximum atomic E-state index is 4.82. The van der Waals surface area contributed by atoms with Crippen LogP contribution in [0.15, 0.2) is 12.1 Å². The van der Waals surface area contributed by atoms with Crippen LogP contribution < -0.4 is 5.32 Å². The summed E-state index contributed by atoms with van der Waals surface area (Å²) >= 11 is 1.92. The van der Waals surface area contributed by atoms with E-state index in [2.05, 4.69) is 20.6 Å². The van der Waals surface area contributed by atoms with Gasteiger partial charge in [-0.2, -0.15) is 4.52 Å². The molecule has 0 atom stereocenters. The van der Waals surface area contributed by atoms with Crippen molar-refractivity contribution in [2.24, 2.45) is 0 Å². The van der Waals surface area contributed by atoms with E-state index in [9.17, 15) is 0 Å². The number of thiazole rings is 1. The Labute approximate surface area is 150 Å². The van der Waals surface area contributed by atoms with Crippen LogP contribution in [0.5, 0.6) is 0 Å². The van der Waals surface area contributed by atoms with Crippen molar-refractivity contribution in [3.8, 4) is 0 Å². The number of hydrogen-bond donors (Lipinski definition) is 1. The van der Waals surface area contributed by atoms with Crippen molar-refractivity contribution in [1.29, 1.82) is 0 Å². The van der Waals surface area contributed by atoms with Gasteiger partial charge < -0.3 is 5.32 Å². The van der Waals surface area contributed by atoms with Crippen LogP contribution in [-0.2, 0) is 19.3 Å². The fourth-order valence-electron chi connectivity index (χ4n) is 3.46. The normalized spacial score (nSPS) is 17.0. The Morgan fingerprint density at radius 2 is 2.08 bits per heavy atom. The summed E-state index contributed by atoms with van der Waals surface area (Å²) in [6.45, 7) is 0.906. The molecule has 25 heavy (non-hydrogen) atoms. The zero-order chi connectivity index (χ0) is 16.6. The van der Waals surface area contributed by atoms with Crippen LogP contribution >= 0.6 is 11.3 Å². The Morgan fingerprint density at radius 3 is 2.96 bits per heavy atom. The monoisotopic (exact) mass is 354 g/mol. The van der Waals surface area contributed by atoms with Crippen LogP contribution in [0.1, 0.15) is 59.4 Å². The summed E-state index contributed by atoms with van der Waals surface area (Å²) in [4.78, 5) is 6.35. The molecule has 0 radical (unpaired) electrons. The molecule has 5 rings (SSSR count). The third kappa shape index (κ3) is 3.13. The van der Waals surface area contributed by atoms with Crippen LogP contribution in [0.2, 0.25) is 0 Å². The molecule has 6 nitrogen and oxygen atoms in total. The van der Waals surface area contributed by atoms with Gasteiger partial charge in [0, 0.05) is 23.8 Å². The van der Waals surface area contributed by atoms with Gasteiger partial charge in [-0.05, 0) is 57.1 Å². The number of nitrogens with zero attached hydrogens (tertiary/aromatic N) is 5. The number of nitrogens with one attached hydrogen (secondary N) is 1. The van der Waals surface area contributed by atoms with Crippen molar-refractivity contribution >= 4 is 22.8 Å². The van der Waals surface area contributed by atoms with Gasteiger partial charge in [-0.15, -0.1) is 26.6 Å². The second kappa shape index (κ2) is 6.37. The smallest absolute Gasteiger partial charge is 0.178 e. The third-order valence-electron chi connectivity index (χ3n) is 4.99. The molecular weight excluding hydrogens is 332 g/mol. The topological polar surface area (TPSA) is 68.0 Å². The Hall–Kier alpha value is -2.02. The summed E-state index contributed by atoms with van der Waals surface area (Å²) in [5.74, 6) is 2.45. The van der Waals surface area contributed by atoms with Gasteiger partial charge in [-0.1, -0.05) is 0 Å². The number of fused-ring (bicyclic) bond motifs is 2. The highest BCUT2D eigenvalue weighted by Gasteiger charge is 2.29. The minimum absolute atomic E-state index is 0.550. The minimum atomic E-state index is 0.550. The molecule has 0 aliphatic heterocycles. The fraction of sp³-hybridized carbons (Fsp3) is 0.556. The number of aromatic nitrogens is 5. The van der Waals surface area contributed by atoms with E-state index in [0.717, 1.165) is 36.7 Å². The molecule has 7 heteroatoms. The molecule has 2 aliphatic rings. The highest BCUT2D eigenvalue weighted by molar-refractivity contribution is 7.11. The van der Waals surface area contributed by atoms with Crippen LogP contribution in [0.3, 0.4) is 0 Å². The van der Waals surface area contributed by atoms with E-state index in [1.54, 1.807) is 0 Å². The van der Waals surface area contributed by atoms with Crippen molar-refractivity contribution in [2.45, 2.75) is 57.3 Å². The predicted octanol–water partition coefficient (Wildman–Crippen LogP) is 3.38. The average molecular weight is 354 g/mol. The molecule has 0 bridgehead atoms. The first-order valence-electron chi connectivity index (χ1n) is 9.30. The van der Waals surface area contributed by atoms with Gasteiger partial charge in [0.15, 0.2) is 11.5 Å². The van der Waals surface area contributed by atoms with Crippen LogP contribution in [0.4, 0.5) is 5.82 Å². The Morgan fingerprint density at radius 1 is 1.16 bits per heavy atom. The van der Waals surface area contributed by atoms with E-state index in [-0.39, 0.29) is 0 Å². The molecular formula is C18H22N6S. The summed E-state index contributed by atoms with van der Waals surface area (Å²) < 4.78 is 1.90. The molecule has 0 aromatic carbocycles. The van der Waals surface area contributed by atoms with Crippen molar-refractivity contribution < 1.29 is 0 Å². The first-order valence-corrected chi connectivity index (χ1v) is 10.1. The largest absolute Gasteiger partial charge is 0.369 e. The summed E-state index contributed by atoms with van der Waals surface area (Å²) in [5.41, 5.74) is 2.20. The van der Waals surface area contributed by atoms with E-state index in [4.69, 9.17) is 4.98 Å². The summed E-state index contributed by atoms with van der Waals surface area (Å²) in [6, 6.07) is 3.98. The molecule has 0 spiro atoms. The van der Waals surface area contributed by atoms with Crippen LogP contribution in [-0.4, -0.2) is 31.3 Å². The Balaban J connectivity index is 1.19. The number of hydrogen-bond acceptors (Lipinski definition) is 6. The lowest BCUT2D eigenvalue weighted by atomic mass is 10.0. The number of aryl methyl sites for hydroxylation is 3. The van der Waals surface area contributed by atoms with Crippen molar-refractivity contribution in [1.82, 2.24) is 24.8 Å². The van der Waals surface area contributed by atoms with Gasteiger partial charge in [0.2, 0.25) is 0 Å². The minimum Gasteiger partial charge on any atom is -0.369 e. The molecule has 3 aromatic rings. The highest BCUT2D eigenvalue weighted by atomic mass is 32.1. The molecule has 0 amide bonds. The molecule has 0 unspecified atom stereocenters. The quantitative estimate of drug-likeness (QED) is 0.687. The highest BCUT2D eigenvalue weighted by Crippen LogP contribution is 2.38. The summed E-state index contributed by atoms with van der Waals surface area (Å²) in [5, 5.41) is 17.9. The van der Waals surface area contributed by atoms with Gasteiger partial charge in [0.05, 0.1) is 10.7 Å². The Bertz CT molecular complexity index is 871. The third-order valence-corrected chi connectivity index (χ3v) is 6.21. The van der Waals surface area contributed by atoms with Crippen molar-refractivity contribution in [3.63, 3.8) is 0 Å². The molecule has 1 N–H and O–H groups in total. The first-order chi connectivity index (χ1) is 12.4. The summed E-state index contributed by atoms with van der Waals surface area (Å²) in [7, 11) is 0. The van der Waals surface area contributed by atoms with Gasteiger partial charge in [-0.25, -0.2) is 4.98 Å².